The largest absolute Gasteiger partial charge is 0.488 e. The first-order valence-corrected chi connectivity index (χ1v) is 11.7. The second-order valence-electron chi connectivity index (χ2n) is 8.91. The molecule has 0 aromatic heterocycles. The molecule has 3 N–H and O–H groups in total. The second-order valence-corrected chi connectivity index (χ2v) is 8.91. The van der Waals surface area contributed by atoms with E-state index in [-0.39, 0.29) is 23.5 Å². The number of hydrogen-bond acceptors (Lipinski definition) is 4. The third-order valence-electron chi connectivity index (χ3n) is 6.45. The quantitative estimate of drug-likeness (QED) is 0.480. The van der Waals surface area contributed by atoms with Crippen LogP contribution in [0.1, 0.15) is 47.2 Å². The van der Waals surface area contributed by atoms with E-state index in [1.165, 1.54) is 13.0 Å². The van der Waals surface area contributed by atoms with Gasteiger partial charge in [0, 0.05) is 32.1 Å². The number of rotatable bonds is 6. The summed E-state index contributed by atoms with van der Waals surface area (Å²) in [6, 6.07) is 19.1. The number of carbonyl (C=O) groups is 2. The summed E-state index contributed by atoms with van der Waals surface area (Å²) in [6.45, 7) is 2.85. The van der Waals surface area contributed by atoms with Crippen molar-refractivity contribution in [2.45, 2.75) is 32.2 Å². The van der Waals surface area contributed by atoms with Crippen LogP contribution in [0.3, 0.4) is 0 Å². The van der Waals surface area contributed by atoms with Crippen LogP contribution in [0.2, 0.25) is 0 Å². The summed E-state index contributed by atoms with van der Waals surface area (Å²) in [4.78, 5) is 26.2. The van der Waals surface area contributed by atoms with Crippen molar-refractivity contribution in [1.29, 1.82) is 0 Å². The first kappa shape index (κ1) is 24.6. The van der Waals surface area contributed by atoms with Gasteiger partial charge in [0.1, 0.15) is 5.82 Å². The van der Waals surface area contributed by atoms with E-state index >= 15 is 0 Å². The van der Waals surface area contributed by atoms with Crippen LogP contribution in [0.25, 0.3) is 11.1 Å². The fourth-order valence-electron chi connectivity index (χ4n) is 4.53. The Morgan fingerprint density at radius 2 is 1.69 bits per heavy atom. The summed E-state index contributed by atoms with van der Waals surface area (Å²) >= 11 is 0. The molecule has 4 rings (SSSR count). The number of hydrogen-bond donors (Lipinski definition) is 3. The van der Waals surface area contributed by atoms with E-state index in [2.05, 4.69) is 5.32 Å². The van der Waals surface area contributed by atoms with Gasteiger partial charge in [0.25, 0.3) is 5.91 Å². The molecule has 0 aliphatic carbocycles. The zero-order chi connectivity index (χ0) is 24.9. The van der Waals surface area contributed by atoms with E-state index in [0.717, 1.165) is 16.7 Å². The van der Waals surface area contributed by atoms with Crippen molar-refractivity contribution in [3.05, 3.63) is 89.2 Å². The Morgan fingerprint density at radius 3 is 2.37 bits per heavy atom. The minimum Gasteiger partial charge on any atom is -0.423 e. The number of piperidine rings is 1. The van der Waals surface area contributed by atoms with Crippen molar-refractivity contribution in [1.82, 2.24) is 10.2 Å². The molecule has 3 aromatic rings. The maximum absolute atomic E-state index is 14.6. The highest BCUT2D eigenvalue weighted by atomic mass is 19.1. The molecular weight excluding hydrogens is 446 g/mol. The molecule has 35 heavy (non-hydrogen) atoms. The van der Waals surface area contributed by atoms with Gasteiger partial charge in [-0.05, 0) is 64.7 Å². The molecule has 1 heterocycles. The van der Waals surface area contributed by atoms with Crippen LogP contribution in [0, 0.1) is 5.82 Å². The van der Waals surface area contributed by atoms with Crippen molar-refractivity contribution >= 4 is 24.4 Å². The lowest BCUT2D eigenvalue weighted by Gasteiger charge is -2.32. The van der Waals surface area contributed by atoms with Gasteiger partial charge >= 0.3 is 7.12 Å². The van der Waals surface area contributed by atoms with Crippen molar-refractivity contribution in [2.75, 3.05) is 13.1 Å². The average molecular weight is 474 g/mol. The molecule has 0 saturated carbocycles. The standard InChI is InChI=1S/C27H28BFN2O4/c1-18(32)30-17-19-8-9-26(29)25(14-19)20-10-12-31(13-11-20)27(33)23-6-2-4-21(15-23)22-5-3-7-24(16-22)28(34)35/h2-9,14-16,20,34-35H,10-13,17H2,1H3,(H,30,32). The molecule has 1 aliphatic heterocycles. The fourth-order valence-corrected chi connectivity index (χ4v) is 4.53. The molecule has 6 nitrogen and oxygen atoms in total. The highest BCUT2D eigenvalue weighted by molar-refractivity contribution is 6.58. The van der Waals surface area contributed by atoms with Crippen LogP contribution in [-0.2, 0) is 11.3 Å². The molecule has 1 aliphatic rings. The smallest absolute Gasteiger partial charge is 0.423 e. The minimum atomic E-state index is -1.56. The molecule has 8 heteroatoms. The molecule has 1 saturated heterocycles. The molecule has 3 aromatic carbocycles. The zero-order valence-electron chi connectivity index (χ0n) is 19.6. The summed E-state index contributed by atoms with van der Waals surface area (Å²) in [5.74, 6) is -0.464. The Bertz CT molecular complexity index is 1230. The predicted octanol–water partition coefficient (Wildman–Crippen LogP) is 2.83. The Balaban J connectivity index is 1.44. The van der Waals surface area contributed by atoms with Crippen molar-refractivity contribution in [2.24, 2.45) is 0 Å². The molecule has 0 atom stereocenters. The predicted molar refractivity (Wildman–Crippen MR) is 134 cm³/mol. The molecule has 1 fully saturated rings. The van der Waals surface area contributed by atoms with E-state index in [1.807, 2.05) is 30.3 Å². The summed E-state index contributed by atoms with van der Waals surface area (Å²) < 4.78 is 14.6. The molecule has 180 valence electrons. The SMILES string of the molecule is CC(=O)NCc1ccc(F)c(C2CCN(C(=O)c3cccc(-c4cccc(B(O)O)c4)c3)CC2)c1. The number of halogens is 1. The van der Waals surface area contributed by atoms with Gasteiger partial charge in [0.2, 0.25) is 5.91 Å². The van der Waals surface area contributed by atoms with Crippen molar-refractivity contribution < 1.29 is 24.0 Å². The Hall–Kier alpha value is -3.49. The molecule has 0 radical (unpaired) electrons. The van der Waals surface area contributed by atoms with Crippen LogP contribution >= 0.6 is 0 Å². The third kappa shape index (κ3) is 5.96. The number of likely N-dealkylation sites (tertiary alicyclic amines) is 1. The highest BCUT2D eigenvalue weighted by Crippen LogP contribution is 2.31. The van der Waals surface area contributed by atoms with Crippen LogP contribution in [-0.4, -0.2) is 47.0 Å². The first-order valence-electron chi connectivity index (χ1n) is 11.7. The van der Waals surface area contributed by atoms with Crippen molar-refractivity contribution in [3.8, 4) is 11.1 Å². The lowest BCUT2D eigenvalue weighted by atomic mass is 9.79. The third-order valence-corrected chi connectivity index (χ3v) is 6.45. The molecule has 0 bridgehead atoms. The summed E-state index contributed by atoms with van der Waals surface area (Å²) in [5, 5.41) is 21.6. The van der Waals surface area contributed by atoms with Gasteiger partial charge in [-0.15, -0.1) is 0 Å². The zero-order valence-corrected chi connectivity index (χ0v) is 19.6. The van der Waals surface area contributed by atoms with Gasteiger partial charge in [-0.25, -0.2) is 4.39 Å². The van der Waals surface area contributed by atoms with Gasteiger partial charge < -0.3 is 20.3 Å². The molecular formula is C27H28BFN2O4. The van der Waals surface area contributed by atoms with Crippen molar-refractivity contribution in [3.63, 3.8) is 0 Å². The van der Waals surface area contributed by atoms with E-state index in [4.69, 9.17) is 0 Å². The Labute approximate surface area is 204 Å². The van der Waals surface area contributed by atoms with Gasteiger partial charge in [0.15, 0.2) is 0 Å². The lowest BCUT2D eigenvalue weighted by molar-refractivity contribution is -0.119. The minimum absolute atomic E-state index is 0.00955. The van der Waals surface area contributed by atoms with Gasteiger partial charge in [0.05, 0.1) is 0 Å². The van der Waals surface area contributed by atoms with Gasteiger partial charge in [-0.2, -0.15) is 0 Å². The van der Waals surface area contributed by atoms with Crippen LogP contribution < -0.4 is 10.8 Å². The van der Waals surface area contributed by atoms with Crippen LogP contribution in [0.15, 0.2) is 66.7 Å². The Morgan fingerprint density at radius 1 is 1.00 bits per heavy atom. The number of nitrogens with zero attached hydrogens (tertiary/aromatic N) is 1. The molecule has 0 spiro atoms. The van der Waals surface area contributed by atoms with Crippen LogP contribution in [0.4, 0.5) is 4.39 Å². The topological polar surface area (TPSA) is 89.9 Å². The summed E-state index contributed by atoms with van der Waals surface area (Å²) in [7, 11) is -1.56. The maximum atomic E-state index is 14.6. The number of carbonyl (C=O) groups excluding carboxylic acids is 2. The normalized spacial score (nSPS) is 14.0. The summed E-state index contributed by atoms with van der Waals surface area (Å²) in [6.07, 6.45) is 1.31. The van der Waals surface area contributed by atoms with E-state index < -0.39 is 7.12 Å². The molecule has 2 amide bonds. The van der Waals surface area contributed by atoms with E-state index in [0.29, 0.717) is 49.1 Å². The monoisotopic (exact) mass is 474 g/mol. The van der Waals surface area contributed by atoms with E-state index in [1.54, 1.807) is 35.2 Å². The summed E-state index contributed by atoms with van der Waals surface area (Å²) in [5.41, 5.74) is 4.02. The highest BCUT2D eigenvalue weighted by Gasteiger charge is 2.26. The average Bonchev–Trinajstić information content (AvgIpc) is 2.88. The maximum Gasteiger partial charge on any atom is 0.488 e. The number of nitrogens with one attached hydrogen (secondary N) is 1. The first-order chi connectivity index (χ1) is 16.8. The van der Waals surface area contributed by atoms with Gasteiger partial charge in [-0.1, -0.05) is 48.5 Å². The van der Waals surface area contributed by atoms with Crippen LogP contribution in [0.5, 0.6) is 0 Å². The number of amides is 2. The number of benzene rings is 3. The lowest BCUT2D eigenvalue weighted by Crippen LogP contribution is -2.38. The van der Waals surface area contributed by atoms with E-state index in [9.17, 15) is 24.0 Å². The second kappa shape index (κ2) is 10.8. The Kier molecular flexibility index (Phi) is 7.63. The molecule has 0 unspecified atom stereocenters. The fraction of sp³-hybridized carbons (Fsp3) is 0.259. The van der Waals surface area contributed by atoms with Gasteiger partial charge in [-0.3, -0.25) is 9.59 Å².